The van der Waals surface area contributed by atoms with Crippen LogP contribution in [0.15, 0.2) is 36.5 Å². The summed E-state index contributed by atoms with van der Waals surface area (Å²) in [5, 5.41) is 4.57. The summed E-state index contributed by atoms with van der Waals surface area (Å²) in [6, 6.07) is 8.64. The monoisotopic (exact) mass is 283 g/mol. The lowest BCUT2D eigenvalue weighted by Gasteiger charge is -2.19. The van der Waals surface area contributed by atoms with Crippen LogP contribution in [0.5, 0.6) is 0 Å². The highest BCUT2D eigenvalue weighted by molar-refractivity contribution is 5.73. The molecule has 3 nitrogen and oxygen atoms in total. The van der Waals surface area contributed by atoms with Crippen LogP contribution in [-0.4, -0.2) is 14.6 Å². The minimum atomic E-state index is -0.261. The van der Waals surface area contributed by atoms with Crippen LogP contribution in [0.1, 0.15) is 32.0 Å². The molecule has 0 unspecified atom stereocenters. The van der Waals surface area contributed by atoms with Gasteiger partial charge in [0, 0.05) is 23.0 Å². The summed E-state index contributed by atoms with van der Waals surface area (Å²) < 4.78 is 15.9. The van der Waals surface area contributed by atoms with E-state index in [1.54, 1.807) is 16.6 Å². The van der Waals surface area contributed by atoms with Gasteiger partial charge in [-0.3, -0.25) is 0 Å². The van der Waals surface area contributed by atoms with Gasteiger partial charge in [-0.1, -0.05) is 32.9 Å². The lowest BCUT2D eigenvalue weighted by molar-refractivity contribution is 0.593. The maximum absolute atomic E-state index is 14.2. The number of aromatic nitrogens is 3. The van der Waals surface area contributed by atoms with E-state index in [0.717, 1.165) is 16.9 Å². The number of hydrogen-bond donors (Lipinski definition) is 0. The van der Waals surface area contributed by atoms with Gasteiger partial charge in [-0.05, 0) is 30.5 Å². The van der Waals surface area contributed by atoms with E-state index in [4.69, 9.17) is 0 Å². The van der Waals surface area contributed by atoms with Crippen LogP contribution in [0.25, 0.3) is 16.9 Å². The molecule has 0 amide bonds. The van der Waals surface area contributed by atoms with Crippen molar-refractivity contribution in [3.8, 4) is 11.3 Å². The van der Waals surface area contributed by atoms with E-state index in [2.05, 4.69) is 30.9 Å². The van der Waals surface area contributed by atoms with E-state index in [0.29, 0.717) is 11.3 Å². The van der Waals surface area contributed by atoms with E-state index >= 15 is 0 Å². The smallest absolute Gasteiger partial charge is 0.159 e. The van der Waals surface area contributed by atoms with Gasteiger partial charge in [-0.15, -0.1) is 0 Å². The van der Waals surface area contributed by atoms with Crippen molar-refractivity contribution in [2.45, 2.75) is 33.1 Å². The van der Waals surface area contributed by atoms with Crippen LogP contribution in [-0.2, 0) is 5.41 Å². The van der Waals surface area contributed by atoms with E-state index in [9.17, 15) is 4.39 Å². The SMILES string of the molecule is Cc1ccn2nc(-c3ccccc3F)c(C(C)(C)C)c2n1. The standard InChI is InChI=1S/C17H18FN3/c1-11-9-10-21-16(19-11)14(17(2,3)4)15(20-21)12-7-5-6-8-13(12)18/h5-10H,1-4H3. The van der Waals surface area contributed by atoms with Gasteiger partial charge in [-0.25, -0.2) is 13.9 Å². The Morgan fingerprint density at radius 3 is 2.48 bits per heavy atom. The predicted octanol–water partition coefficient (Wildman–Crippen LogP) is 4.14. The van der Waals surface area contributed by atoms with Crippen LogP contribution >= 0.6 is 0 Å². The third kappa shape index (κ3) is 2.31. The second-order valence-corrected chi connectivity index (χ2v) is 6.29. The van der Waals surface area contributed by atoms with Gasteiger partial charge in [0.05, 0.1) is 0 Å². The second-order valence-electron chi connectivity index (χ2n) is 6.29. The molecule has 2 aromatic heterocycles. The molecular formula is C17H18FN3. The topological polar surface area (TPSA) is 30.2 Å². The first-order valence-corrected chi connectivity index (χ1v) is 6.99. The summed E-state index contributed by atoms with van der Waals surface area (Å²) in [5.74, 6) is -0.261. The van der Waals surface area contributed by atoms with E-state index in [1.165, 1.54) is 6.07 Å². The Hall–Kier alpha value is -2.23. The second kappa shape index (κ2) is 4.65. The van der Waals surface area contributed by atoms with Crippen molar-refractivity contribution >= 4 is 5.65 Å². The molecule has 1 aromatic carbocycles. The molecule has 3 aromatic rings. The zero-order valence-electron chi connectivity index (χ0n) is 12.7. The zero-order valence-corrected chi connectivity index (χ0v) is 12.7. The molecule has 4 heteroatoms. The van der Waals surface area contributed by atoms with Crippen molar-refractivity contribution < 1.29 is 4.39 Å². The summed E-state index contributed by atoms with van der Waals surface area (Å²) in [7, 11) is 0. The fourth-order valence-electron chi connectivity index (χ4n) is 2.55. The van der Waals surface area contributed by atoms with Gasteiger partial charge in [0.2, 0.25) is 0 Å². The number of aryl methyl sites for hydroxylation is 1. The zero-order chi connectivity index (χ0) is 15.2. The van der Waals surface area contributed by atoms with Crippen LogP contribution < -0.4 is 0 Å². The number of halogens is 1. The molecule has 2 heterocycles. The average Bonchev–Trinajstić information content (AvgIpc) is 2.77. The van der Waals surface area contributed by atoms with Crippen molar-refractivity contribution in [1.29, 1.82) is 0 Å². The van der Waals surface area contributed by atoms with Crippen molar-refractivity contribution in [3.05, 3.63) is 53.6 Å². The van der Waals surface area contributed by atoms with Crippen molar-refractivity contribution in [2.24, 2.45) is 0 Å². The minimum Gasteiger partial charge on any atom is -0.234 e. The molecule has 0 saturated heterocycles. The van der Waals surface area contributed by atoms with Crippen LogP contribution in [0.3, 0.4) is 0 Å². The summed E-state index contributed by atoms with van der Waals surface area (Å²) >= 11 is 0. The largest absolute Gasteiger partial charge is 0.234 e. The Kier molecular flexibility index (Phi) is 3.04. The number of hydrogen-bond acceptors (Lipinski definition) is 2. The molecule has 0 atom stereocenters. The first-order chi connectivity index (χ1) is 9.88. The molecule has 0 N–H and O–H groups in total. The Morgan fingerprint density at radius 1 is 1.10 bits per heavy atom. The molecule has 0 aliphatic carbocycles. The fourth-order valence-corrected chi connectivity index (χ4v) is 2.55. The highest BCUT2D eigenvalue weighted by atomic mass is 19.1. The number of fused-ring (bicyclic) bond motifs is 1. The Labute approximate surface area is 123 Å². The lowest BCUT2D eigenvalue weighted by atomic mass is 9.85. The van der Waals surface area contributed by atoms with Gasteiger partial charge in [-0.2, -0.15) is 5.10 Å². The highest BCUT2D eigenvalue weighted by Gasteiger charge is 2.27. The lowest BCUT2D eigenvalue weighted by Crippen LogP contribution is -2.13. The van der Waals surface area contributed by atoms with Gasteiger partial charge in [0.15, 0.2) is 5.65 Å². The fraction of sp³-hybridized carbons (Fsp3) is 0.294. The highest BCUT2D eigenvalue weighted by Crippen LogP contribution is 2.35. The molecule has 0 aliphatic rings. The molecular weight excluding hydrogens is 265 g/mol. The van der Waals surface area contributed by atoms with Gasteiger partial charge in [0.25, 0.3) is 0 Å². The van der Waals surface area contributed by atoms with E-state index in [1.807, 2.05) is 25.3 Å². The van der Waals surface area contributed by atoms with Gasteiger partial charge >= 0.3 is 0 Å². The number of nitrogens with zero attached hydrogens (tertiary/aromatic N) is 3. The summed E-state index contributed by atoms with van der Waals surface area (Å²) in [6.45, 7) is 8.23. The Morgan fingerprint density at radius 2 is 1.81 bits per heavy atom. The molecule has 0 bridgehead atoms. The maximum atomic E-state index is 14.2. The molecule has 0 aliphatic heterocycles. The van der Waals surface area contributed by atoms with Crippen LogP contribution in [0, 0.1) is 12.7 Å². The van der Waals surface area contributed by atoms with Gasteiger partial charge in [0.1, 0.15) is 11.5 Å². The summed E-state index contributed by atoms with van der Waals surface area (Å²) in [5.41, 5.74) is 3.69. The number of rotatable bonds is 1. The molecule has 3 rings (SSSR count). The van der Waals surface area contributed by atoms with Crippen LogP contribution in [0.2, 0.25) is 0 Å². The molecule has 0 saturated carbocycles. The van der Waals surface area contributed by atoms with Crippen molar-refractivity contribution in [2.75, 3.05) is 0 Å². The van der Waals surface area contributed by atoms with E-state index < -0.39 is 0 Å². The molecule has 108 valence electrons. The summed E-state index contributed by atoms with van der Waals surface area (Å²) in [6.07, 6.45) is 1.87. The molecule has 21 heavy (non-hydrogen) atoms. The molecule has 0 spiro atoms. The summed E-state index contributed by atoms with van der Waals surface area (Å²) in [4.78, 5) is 4.60. The first kappa shape index (κ1) is 13.7. The Bertz CT molecular complexity index is 813. The van der Waals surface area contributed by atoms with Crippen molar-refractivity contribution in [3.63, 3.8) is 0 Å². The first-order valence-electron chi connectivity index (χ1n) is 6.99. The Balaban J connectivity index is 2.40. The predicted molar refractivity (Wildman–Crippen MR) is 81.8 cm³/mol. The van der Waals surface area contributed by atoms with E-state index in [-0.39, 0.29) is 11.2 Å². The average molecular weight is 283 g/mol. The van der Waals surface area contributed by atoms with Gasteiger partial charge < -0.3 is 0 Å². The third-order valence-corrected chi connectivity index (χ3v) is 3.50. The normalized spacial score (nSPS) is 12.0. The quantitative estimate of drug-likeness (QED) is 0.672. The number of benzene rings is 1. The maximum Gasteiger partial charge on any atom is 0.159 e. The van der Waals surface area contributed by atoms with Crippen molar-refractivity contribution in [1.82, 2.24) is 14.6 Å². The minimum absolute atomic E-state index is 0.180. The third-order valence-electron chi connectivity index (χ3n) is 3.50. The molecule has 0 fully saturated rings. The van der Waals surface area contributed by atoms with Crippen LogP contribution in [0.4, 0.5) is 4.39 Å². The molecule has 0 radical (unpaired) electrons.